The molecule has 0 atom stereocenters. The highest BCUT2D eigenvalue weighted by Gasteiger charge is 2.09. The van der Waals surface area contributed by atoms with Crippen LogP contribution in [0.15, 0.2) is 24.5 Å². The van der Waals surface area contributed by atoms with Crippen molar-refractivity contribution in [2.24, 2.45) is 0 Å². The van der Waals surface area contributed by atoms with Crippen molar-refractivity contribution in [3.8, 4) is 17.7 Å². The first-order chi connectivity index (χ1) is 9.13. The summed E-state index contributed by atoms with van der Waals surface area (Å²) in [4.78, 5) is 8.10. The van der Waals surface area contributed by atoms with E-state index in [-0.39, 0.29) is 0 Å². The molecule has 0 spiro atoms. The van der Waals surface area contributed by atoms with E-state index in [1.807, 2.05) is 13.8 Å². The molecule has 96 valence electrons. The van der Waals surface area contributed by atoms with Crippen LogP contribution in [0.2, 0.25) is 0 Å². The third kappa shape index (κ3) is 2.80. The van der Waals surface area contributed by atoms with Gasteiger partial charge in [-0.25, -0.2) is 9.97 Å². The molecular formula is C14H14N4O. The van der Waals surface area contributed by atoms with Crippen LogP contribution in [0.25, 0.3) is 0 Å². The molecule has 2 aromatic rings. The van der Waals surface area contributed by atoms with E-state index in [9.17, 15) is 0 Å². The number of rotatable bonds is 3. The van der Waals surface area contributed by atoms with E-state index in [1.165, 1.54) is 6.33 Å². The summed E-state index contributed by atoms with van der Waals surface area (Å²) in [6.45, 7) is 3.81. The Balaban J connectivity index is 2.36. The number of ether oxygens (including phenoxy) is 1. The van der Waals surface area contributed by atoms with Gasteiger partial charge >= 0.3 is 0 Å². The van der Waals surface area contributed by atoms with Crippen molar-refractivity contribution in [1.82, 2.24) is 9.97 Å². The van der Waals surface area contributed by atoms with Crippen LogP contribution < -0.4 is 10.1 Å². The van der Waals surface area contributed by atoms with E-state index in [0.29, 0.717) is 17.3 Å². The molecule has 1 heterocycles. The maximum atomic E-state index is 8.92. The molecule has 0 amide bonds. The third-order valence-electron chi connectivity index (χ3n) is 2.69. The standard InChI is InChI=1S/C14H14N4O/c1-9-4-11(7-15)5-10(2)14(9)19-13-6-12(16-3)17-8-18-13/h4-6,8H,1-3H3,(H,16,17,18). The van der Waals surface area contributed by atoms with Crippen molar-refractivity contribution < 1.29 is 4.74 Å². The van der Waals surface area contributed by atoms with Crippen molar-refractivity contribution in [1.29, 1.82) is 5.26 Å². The number of nitrogens with one attached hydrogen (secondary N) is 1. The SMILES string of the molecule is CNc1cc(Oc2c(C)cc(C#N)cc2C)ncn1. The summed E-state index contributed by atoms with van der Waals surface area (Å²) in [6, 6.07) is 7.43. The highest BCUT2D eigenvalue weighted by atomic mass is 16.5. The minimum Gasteiger partial charge on any atom is -0.438 e. The fourth-order valence-corrected chi connectivity index (χ4v) is 1.81. The van der Waals surface area contributed by atoms with Crippen LogP contribution in [0.1, 0.15) is 16.7 Å². The number of nitrogens with zero attached hydrogens (tertiary/aromatic N) is 3. The Morgan fingerprint density at radius 2 is 1.84 bits per heavy atom. The highest BCUT2D eigenvalue weighted by Crippen LogP contribution is 2.29. The van der Waals surface area contributed by atoms with Gasteiger partial charge in [-0.3, -0.25) is 0 Å². The normalized spacial score (nSPS) is 9.79. The van der Waals surface area contributed by atoms with Crippen LogP contribution in [-0.4, -0.2) is 17.0 Å². The minimum atomic E-state index is 0.468. The van der Waals surface area contributed by atoms with Gasteiger partial charge in [0.15, 0.2) is 0 Å². The number of hydrogen-bond donors (Lipinski definition) is 1. The lowest BCUT2D eigenvalue weighted by molar-refractivity contribution is 0.455. The Morgan fingerprint density at radius 3 is 2.42 bits per heavy atom. The highest BCUT2D eigenvalue weighted by molar-refractivity contribution is 5.49. The van der Waals surface area contributed by atoms with E-state index in [4.69, 9.17) is 10.00 Å². The van der Waals surface area contributed by atoms with Gasteiger partial charge in [-0.1, -0.05) is 0 Å². The molecule has 0 aliphatic carbocycles. The second kappa shape index (κ2) is 5.36. The minimum absolute atomic E-state index is 0.468. The Bertz CT molecular complexity index is 623. The molecule has 1 aromatic carbocycles. The van der Waals surface area contributed by atoms with Gasteiger partial charge in [0.1, 0.15) is 17.9 Å². The van der Waals surface area contributed by atoms with Crippen LogP contribution >= 0.6 is 0 Å². The lowest BCUT2D eigenvalue weighted by Gasteiger charge is -2.11. The predicted molar refractivity (Wildman–Crippen MR) is 72.3 cm³/mol. The molecule has 0 unspecified atom stereocenters. The predicted octanol–water partition coefficient (Wildman–Crippen LogP) is 2.80. The van der Waals surface area contributed by atoms with Crippen molar-refractivity contribution >= 4 is 5.82 Å². The second-order valence-corrected chi connectivity index (χ2v) is 4.14. The molecule has 0 bridgehead atoms. The molecule has 0 fully saturated rings. The Morgan fingerprint density at radius 1 is 1.16 bits per heavy atom. The number of anilines is 1. The lowest BCUT2D eigenvalue weighted by Crippen LogP contribution is -1.97. The second-order valence-electron chi connectivity index (χ2n) is 4.14. The average Bonchev–Trinajstić information content (AvgIpc) is 2.42. The van der Waals surface area contributed by atoms with E-state index in [1.54, 1.807) is 25.2 Å². The molecule has 1 N–H and O–H groups in total. The molecule has 5 heteroatoms. The molecule has 5 nitrogen and oxygen atoms in total. The first-order valence-corrected chi connectivity index (χ1v) is 5.83. The van der Waals surface area contributed by atoms with Gasteiger partial charge in [0.05, 0.1) is 11.6 Å². The maximum absolute atomic E-state index is 8.92. The van der Waals surface area contributed by atoms with Gasteiger partial charge in [-0.05, 0) is 37.1 Å². The Hall–Kier alpha value is -2.61. The van der Waals surface area contributed by atoms with E-state index >= 15 is 0 Å². The van der Waals surface area contributed by atoms with Crippen LogP contribution in [0, 0.1) is 25.2 Å². The fourth-order valence-electron chi connectivity index (χ4n) is 1.81. The lowest BCUT2D eigenvalue weighted by atomic mass is 10.1. The Labute approximate surface area is 111 Å². The monoisotopic (exact) mass is 254 g/mol. The maximum Gasteiger partial charge on any atom is 0.224 e. The van der Waals surface area contributed by atoms with Crippen LogP contribution in [0.5, 0.6) is 11.6 Å². The molecule has 19 heavy (non-hydrogen) atoms. The number of aromatic nitrogens is 2. The van der Waals surface area contributed by atoms with Crippen molar-refractivity contribution in [2.45, 2.75) is 13.8 Å². The first-order valence-electron chi connectivity index (χ1n) is 5.83. The molecule has 0 radical (unpaired) electrons. The summed E-state index contributed by atoms with van der Waals surface area (Å²) in [5, 5.41) is 11.8. The summed E-state index contributed by atoms with van der Waals surface area (Å²) in [6.07, 6.45) is 1.44. The molecule has 0 aliphatic heterocycles. The van der Waals surface area contributed by atoms with Crippen molar-refractivity contribution in [3.05, 3.63) is 41.2 Å². The van der Waals surface area contributed by atoms with Crippen LogP contribution in [-0.2, 0) is 0 Å². The summed E-state index contributed by atoms with van der Waals surface area (Å²) >= 11 is 0. The number of nitriles is 1. The number of hydrogen-bond acceptors (Lipinski definition) is 5. The molecule has 1 aromatic heterocycles. The van der Waals surface area contributed by atoms with Crippen LogP contribution in [0.4, 0.5) is 5.82 Å². The van der Waals surface area contributed by atoms with E-state index in [0.717, 1.165) is 16.9 Å². The summed E-state index contributed by atoms with van der Waals surface area (Å²) < 4.78 is 5.78. The van der Waals surface area contributed by atoms with Gasteiger partial charge < -0.3 is 10.1 Å². The average molecular weight is 254 g/mol. The van der Waals surface area contributed by atoms with Gasteiger partial charge in [-0.2, -0.15) is 5.26 Å². The van der Waals surface area contributed by atoms with Gasteiger partial charge in [-0.15, -0.1) is 0 Å². The number of benzene rings is 1. The first kappa shape index (κ1) is 12.8. The zero-order valence-electron chi connectivity index (χ0n) is 11.1. The quantitative estimate of drug-likeness (QED) is 0.911. The van der Waals surface area contributed by atoms with E-state index in [2.05, 4.69) is 21.4 Å². The summed E-state index contributed by atoms with van der Waals surface area (Å²) in [7, 11) is 1.78. The van der Waals surface area contributed by atoms with Gasteiger partial charge in [0.2, 0.25) is 5.88 Å². The number of aryl methyl sites for hydroxylation is 2. The zero-order chi connectivity index (χ0) is 13.8. The molecule has 2 rings (SSSR count). The van der Waals surface area contributed by atoms with Crippen molar-refractivity contribution in [3.63, 3.8) is 0 Å². The zero-order valence-corrected chi connectivity index (χ0v) is 11.1. The molecular weight excluding hydrogens is 240 g/mol. The largest absolute Gasteiger partial charge is 0.438 e. The summed E-state index contributed by atoms with van der Waals surface area (Å²) in [5.41, 5.74) is 2.43. The Kier molecular flexibility index (Phi) is 3.62. The van der Waals surface area contributed by atoms with Gasteiger partial charge in [0, 0.05) is 13.1 Å². The fraction of sp³-hybridized carbons (Fsp3) is 0.214. The third-order valence-corrected chi connectivity index (χ3v) is 2.69. The molecule has 0 saturated heterocycles. The molecule has 0 aliphatic rings. The molecule has 0 saturated carbocycles. The topological polar surface area (TPSA) is 70.8 Å². The van der Waals surface area contributed by atoms with Crippen LogP contribution in [0.3, 0.4) is 0 Å². The smallest absolute Gasteiger partial charge is 0.224 e. The van der Waals surface area contributed by atoms with E-state index < -0.39 is 0 Å². The van der Waals surface area contributed by atoms with Gasteiger partial charge in [0.25, 0.3) is 0 Å². The summed E-state index contributed by atoms with van der Waals surface area (Å²) in [5.74, 6) is 1.88. The van der Waals surface area contributed by atoms with Crippen molar-refractivity contribution in [2.75, 3.05) is 12.4 Å².